The number of anilines is 3. The summed E-state index contributed by atoms with van der Waals surface area (Å²) in [7, 11) is 1.91. The van der Waals surface area contributed by atoms with Gasteiger partial charge in [0.25, 0.3) is 0 Å². The van der Waals surface area contributed by atoms with Crippen LogP contribution < -0.4 is 10.2 Å². The third kappa shape index (κ3) is 5.00. The molecule has 3 aromatic rings. The van der Waals surface area contributed by atoms with Crippen molar-refractivity contribution in [1.82, 2.24) is 19.9 Å². The Morgan fingerprint density at radius 3 is 2.41 bits per heavy atom. The molecule has 1 N–H and O–H groups in total. The highest BCUT2D eigenvalue weighted by atomic mass is 15.3. The number of hydrogen-bond donors (Lipinski definition) is 1. The first-order valence-electron chi connectivity index (χ1n) is 9.11. The van der Waals surface area contributed by atoms with Gasteiger partial charge in [0.05, 0.1) is 5.69 Å². The summed E-state index contributed by atoms with van der Waals surface area (Å²) in [5, 5.41) is 3.29. The largest absolute Gasteiger partial charge is 0.354 e. The van der Waals surface area contributed by atoms with E-state index >= 15 is 0 Å². The maximum absolute atomic E-state index is 4.69. The Balaban J connectivity index is 1.69. The molecule has 1 aromatic carbocycles. The molecule has 0 atom stereocenters. The highest BCUT2D eigenvalue weighted by Gasteiger charge is 2.18. The maximum atomic E-state index is 4.69. The van der Waals surface area contributed by atoms with Gasteiger partial charge in [0.1, 0.15) is 5.82 Å². The van der Waals surface area contributed by atoms with Crippen molar-refractivity contribution in [2.75, 3.05) is 23.8 Å². The van der Waals surface area contributed by atoms with E-state index in [0.717, 1.165) is 24.5 Å². The lowest BCUT2D eigenvalue weighted by Crippen LogP contribution is -2.20. The van der Waals surface area contributed by atoms with Crippen molar-refractivity contribution in [3.63, 3.8) is 0 Å². The second-order valence-corrected chi connectivity index (χ2v) is 7.45. The molecule has 0 amide bonds. The van der Waals surface area contributed by atoms with Gasteiger partial charge in [-0.2, -0.15) is 4.98 Å². The summed E-state index contributed by atoms with van der Waals surface area (Å²) < 4.78 is 0. The molecule has 2 heterocycles. The van der Waals surface area contributed by atoms with Gasteiger partial charge in [-0.15, -0.1) is 0 Å². The number of nitrogens with one attached hydrogen (secondary N) is 1. The average molecular weight is 362 g/mol. The van der Waals surface area contributed by atoms with Crippen molar-refractivity contribution in [2.24, 2.45) is 0 Å². The van der Waals surface area contributed by atoms with Crippen LogP contribution in [0.2, 0.25) is 0 Å². The molecule has 140 valence electrons. The van der Waals surface area contributed by atoms with E-state index in [1.54, 1.807) is 12.4 Å². The predicted molar refractivity (Wildman–Crippen MR) is 109 cm³/mol. The number of aromatic nitrogens is 4. The molecule has 0 aliphatic rings. The van der Waals surface area contributed by atoms with Crippen LogP contribution in [0.5, 0.6) is 0 Å². The van der Waals surface area contributed by atoms with E-state index < -0.39 is 0 Å². The normalized spacial score (nSPS) is 11.3. The summed E-state index contributed by atoms with van der Waals surface area (Å²) >= 11 is 0. The fraction of sp³-hybridized carbons (Fsp3) is 0.333. The molecular formula is C21H26N6. The molecule has 0 aliphatic carbocycles. The zero-order chi connectivity index (χ0) is 19.3. The first-order valence-corrected chi connectivity index (χ1v) is 9.11. The lowest BCUT2D eigenvalue weighted by molar-refractivity contribution is 0.567. The first-order chi connectivity index (χ1) is 12.9. The molecule has 27 heavy (non-hydrogen) atoms. The van der Waals surface area contributed by atoms with E-state index in [1.807, 2.05) is 42.3 Å². The minimum atomic E-state index is -0.0334. The van der Waals surface area contributed by atoms with Crippen LogP contribution >= 0.6 is 0 Å². The van der Waals surface area contributed by atoms with E-state index in [-0.39, 0.29) is 5.41 Å². The molecule has 0 radical (unpaired) electrons. The molecule has 0 spiro atoms. The molecule has 0 bridgehead atoms. The number of benzene rings is 1. The van der Waals surface area contributed by atoms with Crippen molar-refractivity contribution in [3.8, 4) is 0 Å². The van der Waals surface area contributed by atoms with Crippen molar-refractivity contribution in [2.45, 2.75) is 32.6 Å². The van der Waals surface area contributed by atoms with E-state index in [2.05, 4.69) is 58.2 Å². The average Bonchev–Trinajstić information content (AvgIpc) is 2.68. The molecule has 0 fully saturated rings. The number of hydrogen-bond acceptors (Lipinski definition) is 6. The van der Waals surface area contributed by atoms with Crippen LogP contribution in [0.25, 0.3) is 0 Å². The standard InChI is InChI=1S/C21H26N6/c1-21(2,3)17-11-14-24-20(25-17)27(4)18-12-15-23-19(26-18)22-13-10-16-8-6-5-7-9-16/h5-9,11-12,14-15H,10,13H2,1-4H3,(H,22,23,26). The molecule has 0 saturated heterocycles. The molecule has 2 aromatic heterocycles. The Bertz CT molecular complexity index is 873. The Hall–Kier alpha value is -3.02. The Kier molecular flexibility index (Phi) is 5.64. The monoisotopic (exact) mass is 362 g/mol. The van der Waals surface area contributed by atoms with Crippen molar-refractivity contribution in [1.29, 1.82) is 0 Å². The summed E-state index contributed by atoms with van der Waals surface area (Å²) in [6.45, 7) is 7.18. The number of rotatable bonds is 6. The van der Waals surface area contributed by atoms with Crippen LogP contribution in [-0.2, 0) is 11.8 Å². The third-order valence-corrected chi connectivity index (χ3v) is 4.24. The quantitative estimate of drug-likeness (QED) is 0.715. The molecule has 0 unspecified atom stereocenters. The van der Waals surface area contributed by atoms with Gasteiger partial charge in [-0.1, -0.05) is 51.1 Å². The summed E-state index contributed by atoms with van der Waals surface area (Å²) in [6.07, 6.45) is 4.46. The van der Waals surface area contributed by atoms with Crippen LogP contribution in [0.3, 0.4) is 0 Å². The third-order valence-electron chi connectivity index (χ3n) is 4.24. The van der Waals surface area contributed by atoms with Gasteiger partial charge < -0.3 is 5.32 Å². The van der Waals surface area contributed by atoms with Crippen LogP contribution in [-0.4, -0.2) is 33.5 Å². The molecule has 6 nitrogen and oxygen atoms in total. The minimum Gasteiger partial charge on any atom is -0.354 e. The zero-order valence-electron chi connectivity index (χ0n) is 16.3. The maximum Gasteiger partial charge on any atom is 0.231 e. The lowest BCUT2D eigenvalue weighted by Gasteiger charge is -2.21. The second-order valence-electron chi connectivity index (χ2n) is 7.45. The van der Waals surface area contributed by atoms with Crippen molar-refractivity contribution >= 4 is 17.7 Å². The highest BCUT2D eigenvalue weighted by molar-refractivity contribution is 5.52. The molecule has 3 rings (SSSR count). The molecule has 0 aliphatic heterocycles. The van der Waals surface area contributed by atoms with Crippen molar-refractivity contribution in [3.05, 3.63) is 66.1 Å². The van der Waals surface area contributed by atoms with Gasteiger partial charge in [0, 0.05) is 31.4 Å². The summed E-state index contributed by atoms with van der Waals surface area (Å²) in [5.74, 6) is 1.97. The lowest BCUT2D eigenvalue weighted by atomic mass is 9.92. The second kappa shape index (κ2) is 8.12. The summed E-state index contributed by atoms with van der Waals surface area (Å²) in [5.41, 5.74) is 2.24. The van der Waals surface area contributed by atoms with Crippen LogP contribution in [0.4, 0.5) is 17.7 Å². The molecular weight excluding hydrogens is 336 g/mol. The first kappa shape index (κ1) is 18.8. The van der Waals surface area contributed by atoms with E-state index in [0.29, 0.717) is 11.9 Å². The van der Waals surface area contributed by atoms with Crippen molar-refractivity contribution < 1.29 is 0 Å². The molecule has 6 heteroatoms. The van der Waals surface area contributed by atoms with Crippen LogP contribution in [0.1, 0.15) is 32.0 Å². The van der Waals surface area contributed by atoms with Gasteiger partial charge in [0.2, 0.25) is 11.9 Å². The minimum absolute atomic E-state index is 0.0334. The highest BCUT2D eigenvalue weighted by Crippen LogP contribution is 2.23. The zero-order valence-corrected chi connectivity index (χ0v) is 16.3. The summed E-state index contributed by atoms with van der Waals surface area (Å²) in [4.78, 5) is 19.9. The fourth-order valence-electron chi connectivity index (χ4n) is 2.61. The van der Waals surface area contributed by atoms with Gasteiger partial charge in [-0.25, -0.2) is 15.0 Å². The predicted octanol–water partition coefficient (Wildman–Crippen LogP) is 3.99. The van der Waals surface area contributed by atoms with E-state index in [1.165, 1.54) is 5.56 Å². The SMILES string of the molecule is CN(c1ccnc(NCCc2ccccc2)n1)c1nccc(C(C)(C)C)n1. The van der Waals surface area contributed by atoms with E-state index in [4.69, 9.17) is 0 Å². The van der Waals surface area contributed by atoms with Gasteiger partial charge in [0.15, 0.2) is 0 Å². The van der Waals surface area contributed by atoms with Gasteiger partial charge in [-0.05, 0) is 24.1 Å². The molecule has 0 saturated carbocycles. The fourth-order valence-corrected chi connectivity index (χ4v) is 2.61. The van der Waals surface area contributed by atoms with E-state index in [9.17, 15) is 0 Å². The van der Waals surface area contributed by atoms with Gasteiger partial charge in [-0.3, -0.25) is 4.90 Å². The Morgan fingerprint density at radius 1 is 0.926 bits per heavy atom. The Labute approximate surface area is 160 Å². The van der Waals surface area contributed by atoms with Gasteiger partial charge >= 0.3 is 0 Å². The smallest absolute Gasteiger partial charge is 0.231 e. The Morgan fingerprint density at radius 2 is 1.67 bits per heavy atom. The van der Waals surface area contributed by atoms with Crippen LogP contribution in [0, 0.1) is 0 Å². The van der Waals surface area contributed by atoms with Crippen LogP contribution in [0.15, 0.2) is 54.9 Å². The summed E-state index contributed by atoms with van der Waals surface area (Å²) in [6, 6.07) is 14.2. The topological polar surface area (TPSA) is 66.8 Å². The number of nitrogens with zero attached hydrogens (tertiary/aromatic N) is 5.